The van der Waals surface area contributed by atoms with E-state index in [1.54, 1.807) is 0 Å². The zero-order valence-electron chi connectivity index (χ0n) is 16.0. The van der Waals surface area contributed by atoms with E-state index in [-0.39, 0.29) is 0 Å². The summed E-state index contributed by atoms with van der Waals surface area (Å²) in [5, 5.41) is 0. The van der Waals surface area contributed by atoms with Crippen molar-refractivity contribution in [2.45, 2.75) is 123 Å². The Morgan fingerprint density at radius 2 is 0.696 bits per heavy atom. The minimum atomic E-state index is 0.756. The zero-order chi connectivity index (χ0) is 17.4. The first kappa shape index (κ1) is 24.6. The van der Waals surface area contributed by atoms with Crippen LogP contribution in [0.25, 0.3) is 0 Å². The van der Waals surface area contributed by atoms with E-state index in [2.05, 4.69) is 13.8 Å². The van der Waals surface area contributed by atoms with E-state index in [9.17, 15) is 9.59 Å². The molecule has 0 rings (SSSR count). The average molecular weight is 327 g/mol. The molecule has 0 bridgehead atoms. The lowest BCUT2D eigenvalue weighted by atomic mass is 10.1. The van der Waals surface area contributed by atoms with Crippen molar-refractivity contribution in [3.8, 4) is 0 Å². The van der Waals surface area contributed by atoms with Crippen molar-refractivity contribution in [2.75, 3.05) is 0 Å². The quantitative estimate of drug-likeness (QED) is 0.212. The van der Waals surface area contributed by atoms with Crippen LogP contribution >= 0.6 is 0 Å². The summed E-state index contributed by atoms with van der Waals surface area (Å²) in [5.74, 6) is 0. The van der Waals surface area contributed by atoms with Crippen molar-refractivity contribution in [1.82, 2.24) is 0 Å². The highest BCUT2D eigenvalue weighted by Gasteiger charge is 1.91. The number of carbonyl (C=O) groups is 2. The van der Waals surface area contributed by atoms with E-state index in [1.807, 2.05) is 0 Å². The lowest BCUT2D eigenvalue weighted by molar-refractivity contribution is -0.108. The first-order valence-electron chi connectivity index (χ1n) is 10.2. The molecule has 138 valence electrons. The standard InChI is InChI=1S/C12H24O.C9H18O/c1-2-3-4-5-6-7-8-9-10-11-12-13;1-2-3-4-5-6-7-8-9-10/h12H,2-11H2,1H3;9H,2-8H2,1H3. The third-order valence-corrected chi connectivity index (χ3v) is 4.10. The summed E-state index contributed by atoms with van der Waals surface area (Å²) in [4.78, 5) is 19.9. The molecule has 2 nitrogen and oxygen atoms in total. The Morgan fingerprint density at radius 3 is 0.957 bits per heavy atom. The van der Waals surface area contributed by atoms with E-state index in [0.717, 1.165) is 38.3 Å². The molecule has 0 aromatic heterocycles. The van der Waals surface area contributed by atoms with Gasteiger partial charge in [0, 0.05) is 12.8 Å². The molecule has 0 atom stereocenters. The maximum Gasteiger partial charge on any atom is 0.119 e. The lowest BCUT2D eigenvalue weighted by Crippen LogP contribution is -1.81. The molecule has 0 fully saturated rings. The second-order valence-electron chi connectivity index (χ2n) is 6.51. The molecule has 0 saturated carbocycles. The molecule has 0 radical (unpaired) electrons. The van der Waals surface area contributed by atoms with Gasteiger partial charge in [-0.2, -0.15) is 0 Å². The molecule has 0 aromatic rings. The third-order valence-electron chi connectivity index (χ3n) is 4.10. The zero-order valence-corrected chi connectivity index (χ0v) is 16.0. The Balaban J connectivity index is 0. The molecule has 0 aliphatic heterocycles. The highest BCUT2D eigenvalue weighted by molar-refractivity contribution is 5.49. The number of aldehydes is 2. The molecule has 2 heteroatoms. The molecule has 0 saturated heterocycles. The summed E-state index contributed by atoms with van der Waals surface area (Å²) in [6, 6.07) is 0. The van der Waals surface area contributed by atoms with Crippen molar-refractivity contribution in [1.29, 1.82) is 0 Å². The van der Waals surface area contributed by atoms with Gasteiger partial charge < -0.3 is 9.59 Å². The topological polar surface area (TPSA) is 34.1 Å². The van der Waals surface area contributed by atoms with Crippen molar-refractivity contribution in [2.24, 2.45) is 0 Å². The Morgan fingerprint density at radius 1 is 0.435 bits per heavy atom. The van der Waals surface area contributed by atoms with Gasteiger partial charge in [0.05, 0.1) is 0 Å². The Bertz CT molecular complexity index is 214. The van der Waals surface area contributed by atoms with Gasteiger partial charge in [0.15, 0.2) is 0 Å². The van der Waals surface area contributed by atoms with Gasteiger partial charge in [-0.05, 0) is 12.8 Å². The van der Waals surface area contributed by atoms with Crippen LogP contribution in [0.15, 0.2) is 0 Å². The van der Waals surface area contributed by atoms with Crippen LogP contribution in [-0.4, -0.2) is 12.6 Å². The summed E-state index contributed by atoms with van der Waals surface area (Å²) >= 11 is 0. The molecule has 0 aromatic carbocycles. The van der Waals surface area contributed by atoms with Crippen LogP contribution in [0.3, 0.4) is 0 Å². The molecule has 0 N–H and O–H groups in total. The molecule has 0 unspecified atom stereocenters. The van der Waals surface area contributed by atoms with Crippen LogP contribution in [0.5, 0.6) is 0 Å². The first-order chi connectivity index (χ1) is 11.3. The van der Waals surface area contributed by atoms with E-state index in [1.165, 1.54) is 83.5 Å². The highest BCUT2D eigenvalue weighted by atomic mass is 16.1. The third kappa shape index (κ3) is 29.9. The monoisotopic (exact) mass is 326 g/mol. The fourth-order valence-corrected chi connectivity index (χ4v) is 2.55. The van der Waals surface area contributed by atoms with Gasteiger partial charge in [-0.25, -0.2) is 0 Å². The van der Waals surface area contributed by atoms with Crippen molar-refractivity contribution >= 4 is 12.6 Å². The minimum Gasteiger partial charge on any atom is -0.303 e. The van der Waals surface area contributed by atoms with E-state index < -0.39 is 0 Å². The lowest BCUT2D eigenvalue weighted by Gasteiger charge is -1.99. The molecular formula is C21H42O2. The van der Waals surface area contributed by atoms with Crippen molar-refractivity contribution < 1.29 is 9.59 Å². The van der Waals surface area contributed by atoms with Gasteiger partial charge in [0.1, 0.15) is 12.6 Å². The van der Waals surface area contributed by atoms with E-state index in [0.29, 0.717) is 0 Å². The van der Waals surface area contributed by atoms with Crippen LogP contribution in [0, 0.1) is 0 Å². The average Bonchev–Trinajstić information content (AvgIpc) is 2.57. The number of carbonyl (C=O) groups excluding carboxylic acids is 2. The van der Waals surface area contributed by atoms with Gasteiger partial charge in [0.2, 0.25) is 0 Å². The van der Waals surface area contributed by atoms with Crippen molar-refractivity contribution in [3.05, 3.63) is 0 Å². The Kier molecular flexibility index (Phi) is 28.1. The van der Waals surface area contributed by atoms with Gasteiger partial charge in [-0.1, -0.05) is 97.3 Å². The summed E-state index contributed by atoms with van der Waals surface area (Å²) in [6.45, 7) is 4.46. The Hall–Kier alpha value is -0.660. The molecule has 0 heterocycles. The van der Waals surface area contributed by atoms with E-state index in [4.69, 9.17) is 0 Å². The van der Waals surface area contributed by atoms with Crippen molar-refractivity contribution in [3.63, 3.8) is 0 Å². The first-order valence-corrected chi connectivity index (χ1v) is 10.2. The summed E-state index contributed by atoms with van der Waals surface area (Å²) in [6.07, 6.45) is 23.1. The second-order valence-corrected chi connectivity index (χ2v) is 6.51. The summed E-state index contributed by atoms with van der Waals surface area (Å²) in [5.41, 5.74) is 0. The normalized spacial score (nSPS) is 10.0. The fourth-order valence-electron chi connectivity index (χ4n) is 2.55. The highest BCUT2D eigenvalue weighted by Crippen LogP contribution is 2.09. The summed E-state index contributed by atoms with van der Waals surface area (Å²) < 4.78 is 0. The molecule has 23 heavy (non-hydrogen) atoms. The van der Waals surface area contributed by atoms with Crippen LogP contribution in [0.1, 0.15) is 123 Å². The second kappa shape index (κ2) is 26.2. The predicted octanol–water partition coefficient (Wildman–Crippen LogP) is 7.04. The van der Waals surface area contributed by atoms with Gasteiger partial charge in [0.25, 0.3) is 0 Å². The van der Waals surface area contributed by atoms with Crippen LogP contribution < -0.4 is 0 Å². The SMILES string of the molecule is CCCCCCCCC=O.CCCCCCCCCCCC=O. The number of unbranched alkanes of at least 4 members (excludes halogenated alkanes) is 15. The smallest absolute Gasteiger partial charge is 0.119 e. The summed E-state index contributed by atoms with van der Waals surface area (Å²) in [7, 11) is 0. The fraction of sp³-hybridized carbons (Fsp3) is 0.905. The number of hydrogen-bond acceptors (Lipinski definition) is 2. The maximum absolute atomic E-state index is 10.0. The van der Waals surface area contributed by atoms with Gasteiger partial charge in [-0.3, -0.25) is 0 Å². The maximum atomic E-state index is 10.0. The molecule has 0 spiro atoms. The van der Waals surface area contributed by atoms with Gasteiger partial charge >= 0.3 is 0 Å². The molecule has 0 aliphatic rings. The largest absolute Gasteiger partial charge is 0.303 e. The van der Waals surface area contributed by atoms with Gasteiger partial charge in [-0.15, -0.1) is 0 Å². The van der Waals surface area contributed by atoms with E-state index >= 15 is 0 Å². The minimum absolute atomic E-state index is 0.756. The number of rotatable bonds is 17. The molecule has 0 amide bonds. The predicted molar refractivity (Wildman–Crippen MR) is 102 cm³/mol. The Labute approximate surface area is 145 Å². The van der Waals surface area contributed by atoms with Crippen LogP contribution in [0.2, 0.25) is 0 Å². The molecular weight excluding hydrogens is 284 g/mol. The molecule has 0 aliphatic carbocycles. The number of hydrogen-bond donors (Lipinski definition) is 0. The van der Waals surface area contributed by atoms with Crippen LogP contribution in [-0.2, 0) is 9.59 Å². The van der Waals surface area contributed by atoms with Crippen LogP contribution in [0.4, 0.5) is 0 Å².